The Morgan fingerprint density at radius 2 is 1.56 bits per heavy atom. The Balaban J connectivity index is 2.04. The summed E-state index contributed by atoms with van der Waals surface area (Å²) in [5.41, 5.74) is 12.8. The van der Waals surface area contributed by atoms with Crippen molar-refractivity contribution in [3.63, 3.8) is 0 Å². The second-order valence-electron chi connectivity index (χ2n) is 8.11. The van der Waals surface area contributed by atoms with Crippen LogP contribution in [0, 0.1) is 50.4 Å². The van der Waals surface area contributed by atoms with Crippen molar-refractivity contribution in [2.24, 2.45) is 5.73 Å². The smallest absolute Gasteiger partial charge is 0.274 e. The molecule has 2 aromatic carbocycles. The molecule has 2 heterocycles. The van der Waals surface area contributed by atoms with Crippen LogP contribution in [0.25, 0.3) is 17.5 Å². The molecule has 158 valence electrons. The number of nitrogens with zero attached hydrogens (tertiary/aromatic N) is 3. The largest absolute Gasteiger partial charge is 0.384 e. The molecule has 0 saturated heterocycles. The van der Waals surface area contributed by atoms with Gasteiger partial charge in [-0.1, -0.05) is 36.4 Å². The van der Waals surface area contributed by atoms with Crippen molar-refractivity contribution in [3.8, 4) is 12.1 Å². The monoisotopic (exact) mass is 438 g/mol. The molecule has 4 rings (SSSR count). The molecule has 2 N–H and O–H groups in total. The van der Waals surface area contributed by atoms with E-state index in [4.69, 9.17) is 5.73 Å². The molecule has 1 aromatic heterocycles. The molecular weight excluding hydrogens is 416 g/mol. The number of nitriles is 2. The fraction of sp³-hybridized carbons (Fsp3) is 0.192. The molecule has 1 atom stereocenters. The van der Waals surface area contributed by atoms with Gasteiger partial charge in [0.1, 0.15) is 10.5 Å². The summed E-state index contributed by atoms with van der Waals surface area (Å²) in [5.74, 6) is -0.512. The Hall–Kier alpha value is -3.87. The van der Waals surface area contributed by atoms with Gasteiger partial charge in [-0.2, -0.15) is 10.5 Å². The molecule has 5 nitrogen and oxygen atoms in total. The number of benzene rings is 2. The number of thiazole rings is 1. The maximum absolute atomic E-state index is 13.2. The third-order valence-corrected chi connectivity index (χ3v) is 7.19. The van der Waals surface area contributed by atoms with E-state index in [1.54, 1.807) is 0 Å². The number of aromatic nitrogens is 1. The molecule has 3 aromatic rings. The van der Waals surface area contributed by atoms with Crippen LogP contribution in [0.3, 0.4) is 0 Å². The van der Waals surface area contributed by atoms with Gasteiger partial charge in [0.15, 0.2) is 0 Å². The molecular formula is C26H22N4OS. The third kappa shape index (κ3) is 3.36. The van der Waals surface area contributed by atoms with Crippen LogP contribution in [0.2, 0.25) is 0 Å². The average Bonchev–Trinajstić information content (AvgIpc) is 3.08. The van der Waals surface area contributed by atoms with Crippen molar-refractivity contribution in [3.05, 3.63) is 94.9 Å². The van der Waals surface area contributed by atoms with Crippen LogP contribution in [-0.2, 0) is 0 Å². The van der Waals surface area contributed by atoms with Crippen LogP contribution in [0.1, 0.15) is 39.3 Å². The highest BCUT2D eigenvalue weighted by Crippen LogP contribution is 2.36. The maximum atomic E-state index is 13.2. The maximum Gasteiger partial charge on any atom is 0.274 e. The summed E-state index contributed by atoms with van der Waals surface area (Å²) in [6, 6.07) is 16.3. The van der Waals surface area contributed by atoms with Gasteiger partial charge in [0.25, 0.3) is 5.56 Å². The molecule has 0 amide bonds. The van der Waals surface area contributed by atoms with Crippen molar-refractivity contribution in [2.45, 2.75) is 33.6 Å². The zero-order valence-electron chi connectivity index (χ0n) is 18.4. The lowest BCUT2D eigenvalue weighted by Gasteiger charge is -2.22. The molecule has 1 unspecified atom stereocenters. The molecule has 0 saturated carbocycles. The molecule has 0 fully saturated rings. The highest BCUT2D eigenvalue weighted by atomic mass is 32.1. The minimum absolute atomic E-state index is 0.0886. The van der Waals surface area contributed by atoms with Gasteiger partial charge in [-0.3, -0.25) is 9.36 Å². The van der Waals surface area contributed by atoms with E-state index >= 15 is 0 Å². The second kappa shape index (κ2) is 8.00. The SMILES string of the molecule is Cc1ccc(/C=c2\sc3n(c2=O)C(N)=C(C#N)C(c2ccc(C)c(C)c2)C=3C#N)cc1C. The minimum Gasteiger partial charge on any atom is -0.384 e. The molecule has 1 aliphatic rings. The van der Waals surface area contributed by atoms with E-state index in [-0.39, 0.29) is 17.0 Å². The number of nitrogens with two attached hydrogens (primary N) is 1. The third-order valence-electron chi connectivity index (χ3n) is 6.08. The Labute approximate surface area is 190 Å². The lowest BCUT2D eigenvalue weighted by Crippen LogP contribution is -2.38. The fourth-order valence-electron chi connectivity index (χ4n) is 3.93. The van der Waals surface area contributed by atoms with Crippen molar-refractivity contribution >= 4 is 28.8 Å². The molecule has 0 radical (unpaired) electrons. The highest BCUT2D eigenvalue weighted by molar-refractivity contribution is 7.07. The number of allylic oxidation sites excluding steroid dienone is 1. The predicted molar refractivity (Wildman–Crippen MR) is 128 cm³/mol. The van der Waals surface area contributed by atoms with Gasteiger partial charge < -0.3 is 5.73 Å². The van der Waals surface area contributed by atoms with Crippen molar-refractivity contribution < 1.29 is 0 Å². The summed E-state index contributed by atoms with van der Waals surface area (Å²) in [5, 5.41) is 20.0. The van der Waals surface area contributed by atoms with Gasteiger partial charge in [-0.05, 0) is 67.2 Å². The van der Waals surface area contributed by atoms with E-state index in [1.165, 1.54) is 21.5 Å². The summed E-state index contributed by atoms with van der Waals surface area (Å²) >= 11 is 1.23. The lowest BCUT2D eigenvalue weighted by molar-refractivity contribution is 0.905. The van der Waals surface area contributed by atoms with E-state index in [2.05, 4.69) is 12.1 Å². The van der Waals surface area contributed by atoms with Crippen LogP contribution in [-0.4, -0.2) is 4.57 Å². The summed E-state index contributed by atoms with van der Waals surface area (Å²) in [6.45, 7) is 8.06. The van der Waals surface area contributed by atoms with Crippen molar-refractivity contribution in [2.75, 3.05) is 0 Å². The van der Waals surface area contributed by atoms with E-state index in [9.17, 15) is 15.3 Å². The topological polar surface area (TPSA) is 95.6 Å². The Bertz CT molecular complexity index is 1570. The molecule has 0 spiro atoms. The first-order valence-electron chi connectivity index (χ1n) is 10.2. The first kappa shape index (κ1) is 21.4. The highest BCUT2D eigenvalue weighted by Gasteiger charge is 2.32. The normalized spacial score (nSPS) is 16.0. The molecule has 6 heteroatoms. The quantitative estimate of drug-likeness (QED) is 0.665. The Kier molecular flexibility index (Phi) is 5.34. The lowest BCUT2D eigenvalue weighted by atomic mass is 9.83. The zero-order chi connectivity index (χ0) is 23.2. The van der Waals surface area contributed by atoms with Crippen LogP contribution < -0.4 is 20.5 Å². The van der Waals surface area contributed by atoms with E-state index in [1.807, 2.05) is 70.2 Å². The average molecular weight is 439 g/mol. The summed E-state index contributed by atoms with van der Waals surface area (Å²) < 4.78 is 2.26. The van der Waals surface area contributed by atoms with E-state index < -0.39 is 5.92 Å². The standard InChI is InChI=1S/C26H22N4OS/c1-14-5-7-18(9-16(14)3)11-22-25(31)30-24(29)20(12-27)23(21(13-28)26(30)32-22)19-8-6-15(2)17(4)10-19/h5-11,23H,29H2,1-4H3/b22-11-. The molecule has 0 aliphatic carbocycles. The van der Waals surface area contributed by atoms with Gasteiger partial charge in [-0.25, -0.2) is 0 Å². The summed E-state index contributed by atoms with van der Waals surface area (Å²) in [4.78, 5) is 13.2. The van der Waals surface area contributed by atoms with E-state index in [0.29, 0.717) is 14.8 Å². The Morgan fingerprint density at radius 3 is 2.16 bits per heavy atom. The summed E-state index contributed by atoms with van der Waals surface area (Å²) in [7, 11) is 0. The second-order valence-corrected chi connectivity index (χ2v) is 9.14. The fourth-order valence-corrected chi connectivity index (χ4v) is 5.06. The van der Waals surface area contributed by atoms with E-state index in [0.717, 1.165) is 27.8 Å². The van der Waals surface area contributed by atoms with Crippen LogP contribution in [0.5, 0.6) is 0 Å². The van der Waals surface area contributed by atoms with Gasteiger partial charge >= 0.3 is 0 Å². The minimum atomic E-state index is -0.600. The van der Waals surface area contributed by atoms with Gasteiger partial charge in [0.2, 0.25) is 0 Å². The van der Waals surface area contributed by atoms with Crippen LogP contribution in [0.15, 0.2) is 46.8 Å². The predicted octanol–water partition coefficient (Wildman–Crippen LogP) is 3.09. The van der Waals surface area contributed by atoms with Crippen molar-refractivity contribution in [1.29, 1.82) is 10.5 Å². The molecule has 32 heavy (non-hydrogen) atoms. The Morgan fingerprint density at radius 1 is 0.938 bits per heavy atom. The number of hydrogen-bond donors (Lipinski definition) is 1. The molecule has 0 bridgehead atoms. The van der Waals surface area contributed by atoms with Gasteiger partial charge in [-0.15, -0.1) is 11.3 Å². The number of fused-ring (bicyclic) bond motifs is 1. The van der Waals surface area contributed by atoms with Crippen LogP contribution >= 0.6 is 11.3 Å². The summed E-state index contributed by atoms with van der Waals surface area (Å²) in [6.07, 6.45) is 1.81. The van der Waals surface area contributed by atoms with Crippen molar-refractivity contribution in [1.82, 2.24) is 4.57 Å². The zero-order valence-corrected chi connectivity index (χ0v) is 19.2. The van der Waals surface area contributed by atoms with Gasteiger partial charge in [0, 0.05) is 0 Å². The first-order chi connectivity index (χ1) is 15.3. The molecule has 1 aliphatic heterocycles. The number of hydrogen-bond acceptors (Lipinski definition) is 5. The van der Waals surface area contributed by atoms with Gasteiger partial charge in [0.05, 0.1) is 33.7 Å². The number of rotatable bonds is 2. The van der Waals surface area contributed by atoms with Crippen LogP contribution in [0.4, 0.5) is 0 Å². The number of aryl methyl sites for hydroxylation is 4. The first-order valence-corrected chi connectivity index (χ1v) is 11.0.